The molecule has 0 saturated carbocycles. The predicted octanol–water partition coefficient (Wildman–Crippen LogP) is 2.94. The second-order valence-electron chi connectivity index (χ2n) is 7.58. The molecule has 0 unspecified atom stereocenters. The van der Waals surface area contributed by atoms with Crippen molar-refractivity contribution in [2.75, 3.05) is 5.32 Å². The Labute approximate surface area is 166 Å². The Bertz CT molecular complexity index is 1040. The highest BCUT2D eigenvalue weighted by molar-refractivity contribution is 7.14. The third-order valence-electron chi connectivity index (χ3n) is 5.60. The number of hydrogen-bond donors (Lipinski definition) is 2. The van der Waals surface area contributed by atoms with Crippen LogP contribution in [0.4, 0.5) is 10.6 Å². The van der Waals surface area contributed by atoms with Crippen molar-refractivity contribution in [3.63, 3.8) is 0 Å². The molecule has 0 aliphatic carbocycles. The molecule has 3 aromatic rings. The smallest absolute Gasteiger partial charge is 0.323 e. The lowest BCUT2D eigenvalue weighted by molar-refractivity contribution is 0.150. The number of carbonyl (C=O) groups is 1. The van der Waals surface area contributed by atoms with Gasteiger partial charge in [-0.3, -0.25) is 5.32 Å². The number of hydrogen-bond acceptors (Lipinski definition) is 7. The van der Waals surface area contributed by atoms with Gasteiger partial charge in [0.25, 0.3) is 0 Å². The van der Waals surface area contributed by atoms with Gasteiger partial charge in [-0.25, -0.2) is 4.79 Å². The molecule has 0 radical (unpaired) electrons. The highest BCUT2D eigenvalue weighted by Gasteiger charge is 2.42. The summed E-state index contributed by atoms with van der Waals surface area (Å²) in [7, 11) is 0. The molecule has 28 heavy (non-hydrogen) atoms. The first-order valence-electron chi connectivity index (χ1n) is 9.50. The van der Waals surface area contributed by atoms with Crippen molar-refractivity contribution in [3.8, 4) is 10.6 Å². The molecule has 2 amide bonds. The fourth-order valence-electron chi connectivity index (χ4n) is 4.38. The first kappa shape index (κ1) is 17.4. The maximum atomic E-state index is 12.9. The average molecular weight is 395 g/mol. The van der Waals surface area contributed by atoms with Crippen LogP contribution >= 0.6 is 11.3 Å². The van der Waals surface area contributed by atoms with E-state index in [1.165, 1.54) is 0 Å². The molecule has 1 aromatic carbocycles. The van der Waals surface area contributed by atoms with Gasteiger partial charge in [0.2, 0.25) is 0 Å². The monoisotopic (exact) mass is 395 g/mol. The summed E-state index contributed by atoms with van der Waals surface area (Å²) in [6.07, 6.45) is 3.80. The maximum Gasteiger partial charge on any atom is 0.323 e. The van der Waals surface area contributed by atoms with E-state index in [9.17, 15) is 4.79 Å². The summed E-state index contributed by atoms with van der Waals surface area (Å²) in [6, 6.07) is 8.28. The van der Waals surface area contributed by atoms with Gasteiger partial charge in [0.05, 0.1) is 5.52 Å². The van der Waals surface area contributed by atoms with E-state index in [1.54, 1.807) is 11.3 Å². The Morgan fingerprint density at radius 2 is 1.93 bits per heavy atom. The minimum Gasteiger partial charge on any atom is -0.328 e. The van der Waals surface area contributed by atoms with Crippen LogP contribution in [0, 0.1) is 6.92 Å². The normalized spacial score (nSPS) is 23.9. The van der Waals surface area contributed by atoms with Gasteiger partial charge in [-0.2, -0.15) is 0 Å². The largest absolute Gasteiger partial charge is 0.328 e. The van der Waals surface area contributed by atoms with Gasteiger partial charge in [0, 0.05) is 29.1 Å². The van der Waals surface area contributed by atoms with Crippen LogP contribution in [0.2, 0.25) is 0 Å². The maximum absolute atomic E-state index is 12.9. The Morgan fingerprint density at radius 3 is 2.64 bits per heavy atom. The summed E-state index contributed by atoms with van der Waals surface area (Å²) in [6.45, 7) is 1.93. The number of nitrogens with one attached hydrogen (secondary N) is 1. The molecule has 144 valence electrons. The summed E-state index contributed by atoms with van der Waals surface area (Å²) < 4.78 is 0. The van der Waals surface area contributed by atoms with Crippen LogP contribution in [0.3, 0.4) is 0 Å². The molecular formula is C19H21N7OS. The van der Waals surface area contributed by atoms with Gasteiger partial charge in [-0.15, -0.1) is 20.4 Å². The van der Waals surface area contributed by atoms with E-state index in [0.717, 1.165) is 52.2 Å². The average Bonchev–Trinajstić information content (AvgIpc) is 3.22. The molecule has 0 spiro atoms. The summed E-state index contributed by atoms with van der Waals surface area (Å²) in [5, 5.41) is 22.3. The van der Waals surface area contributed by atoms with Crippen molar-refractivity contribution in [1.29, 1.82) is 0 Å². The van der Waals surface area contributed by atoms with Gasteiger partial charge in [-0.05, 0) is 56.9 Å². The number of benzene rings is 1. The van der Waals surface area contributed by atoms with Crippen molar-refractivity contribution in [1.82, 2.24) is 25.3 Å². The lowest BCUT2D eigenvalue weighted by atomic mass is 9.99. The number of rotatable bonds is 2. The van der Waals surface area contributed by atoms with E-state index in [-0.39, 0.29) is 24.2 Å². The van der Waals surface area contributed by atoms with E-state index in [0.29, 0.717) is 5.82 Å². The molecule has 2 bridgehead atoms. The highest BCUT2D eigenvalue weighted by atomic mass is 32.1. The van der Waals surface area contributed by atoms with Crippen molar-refractivity contribution in [2.24, 2.45) is 5.73 Å². The zero-order chi connectivity index (χ0) is 19.3. The van der Waals surface area contributed by atoms with Gasteiger partial charge in [0.15, 0.2) is 5.82 Å². The van der Waals surface area contributed by atoms with E-state index in [1.807, 2.05) is 36.1 Å². The summed E-state index contributed by atoms with van der Waals surface area (Å²) in [4.78, 5) is 14.8. The van der Waals surface area contributed by atoms with Crippen LogP contribution in [-0.4, -0.2) is 49.5 Å². The topological polar surface area (TPSA) is 110 Å². The molecule has 8 nitrogen and oxygen atoms in total. The number of nitrogens with two attached hydrogens (primary N) is 1. The van der Waals surface area contributed by atoms with Gasteiger partial charge >= 0.3 is 6.03 Å². The second-order valence-corrected chi connectivity index (χ2v) is 8.76. The Hall–Kier alpha value is -2.65. The van der Waals surface area contributed by atoms with Crippen molar-refractivity contribution >= 4 is 34.1 Å². The number of carbonyl (C=O) groups excluding carboxylic acids is 1. The molecule has 2 fully saturated rings. The van der Waals surface area contributed by atoms with Crippen LogP contribution in [-0.2, 0) is 0 Å². The Balaban J connectivity index is 1.39. The van der Waals surface area contributed by atoms with E-state index >= 15 is 0 Å². The van der Waals surface area contributed by atoms with Crippen molar-refractivity contribution in [3.05, 3.63) is 29.3 Å². The van der Waals surface area contributed by atoms with E-state index in [2.05, 4.69) is 25.7 Å². The number of urea groups is 1. The fraction of sp³-hybridized carbons (Fsp3) is 0.421. The number of fused-ring (bicyclic) bond motifs is 3. The number of aromatic nitrogens is 4. The molecule has 3 N–H and O–H groups in total. The third kappa shape index (κ3) is 3.10. The SMILES string of the molecule is Cc1nnc(-c2ccc3nnc(NC(=O)N4[C@@H]5CC[C@H]4C[C@@H](N)C5)cc3c2)s1. The predicted molar refractivity (Wildman–Crippen MR) is 108 cm³/mol. The quantitative estimate of drug-likeness (QED) is 0.690. The summed E-state index contributed by atoms with van der Waals surface area (Å²) >= 11 is 1.55. The van der Waals surface area contributed by atoms with Crippen LogP contribution < -0.4 is 11.1 Å². The first-order chi connectivity index (χ1) is 13.6. The number of piperidine rings is 1. The third-order valence-corrected chi connectivity index (χ3v) is 6.49. The first-order valence-corrected chi connectivity index (χ1v) is 10.3. The number of aryl methyl sites for hydroxylation is 1. The minimum atomic E-state index is -0.107. The van der Waals surface area contributed by atoms with Crippen LogP contribution in [0.25, 0.3) is 21.5 Å². The van der Waals surface area contributed by atoms with E-state index < -0.39 is 0 Å². The molecule has 2 aromatic heterocycles. The lowest BCUT2D eigenvalue weighted by Crippen LogP contribution is -2.51. The zero-order valence-electron chi connectivity index (χ0n) is 15.5. The molecule has 9 heteroatoms. The summed E-state index contributed by atoms with van der Waals surface area (Å²) in [5.41, 5.74) is 7.86. The van der Waals surface area contributed by atoms with Crippen molar-refractivity contribution < 1.29 is 4.79 Å². The number of amides is 2. The second kappa shape index (κ2) is 6.75. The standard InChI is InChI=1S/C19H21N7OS/c1-10-22-25-18(28-10)11-2-5-16-12(6-11)7-17(24-23-16)21-19(27)26-14-3-4-15(26)9-13(20)8-14/h2,5-7,13-15H,3-4,8-9,20H2,1H3,(H,21,24,27)/t13-,14+,15-. The van der Waals surface area contributed by atoms with Gasteiger partial charge in [-0.1, -0.05) is 11.3 Å². The molecular weight excluding hydrogens is 374 g/mol. The van der Waals surface area contributed by atoms with Gasteiger partial charge in [0.1, 0.15) is 10.0 Å². The highest BCUT2D eigenvalue weighted by Crippen LogP contribution is 2.35. The van der Waals surface area contributed by atoms with E-state index in [4.69, 9.17) is 5.73 Å². The Kier molecular flexibility index (Phi) is 4.21. The van der Waals surface area contributed by atoms with Gasteiger partial charge < -0.3 is 10.6 Å². The van der Waals surface area contributed by atoms with Crippen molar-refractivity contribution in [2.45, 2.75) is 50.7 Å². The number of nitrogens with zero attached hydrogens (tertiary/aromatic N) is 5. The van der Waals surface area contributed by atoms with Crippen LogP contribution in [0.1, 0.15) is 30.7 Å². The molecule has 2 aliphatic heterocycles. The zero-order valence-corrected chi connectivity index (χ0v) is 16.3. The molecule has 2 aliphatic rings. The van der Waals surface area contributed by atoms with Crippen LogP contribution in [0.5, 0.6) is 0 Å². The van der Waals surface area contributed by atoms with Crippen LogP contribution in [0.15, 0.2) is 24.3 Å². The molecule has 4 heterocycles. The molecule has 3 atom stereocenters. The molecule has 2 saturated heterocycles. The molecule has 5 rings (SSSR count). The number of anilines is 1. The fourth-order valence-corrected chi connectivity index (χ4v) is 5.07. The lowest BCUT2D eigenvalue weighted by Gasteiger charge is -2.37. The minimum absolute atomic E-state index is 0.107. The Morgan fingerprint density at radius 1 is 1.14 bits per heavy atom. The summed E-state index contributed by atoms with van der Waals surface area (Å²) in [5.74, 6) is 0.456.